The highest BCUT2D eigenvalue weighted by Crippen LogP contribution is 1.83. The van der Waals surface area contributed by atoms with Crippen molar-refractivity contribution in [1.29, 1.82) is 0 Å². The molecule has 44 valence electrons. The van der Waals surface area contributed by atoms with Gasteiger partial charge in [0.15, 0.2) is 0 Å². The van der Waals surface area contributed by atoms with Crippen LogP contribution in [0.3, 0.4) is 0 Å². The van der Waals surface area contributed by atoms with Crippen molar-refractivity contribution in [2.45, 2.75) is 19.8 Å². The third kappa shape index (κ3) is 5.92. The maximum atomic E-state index is 4.82. The largest absolute Gasteiger partial charge is 0.302 e. The molecule has 0 aromatic rings. The van der Waals surface area contributed by atoms with Gasteiger partial charge in [0.25, 0.3) is 0 Å². The lowest BCUT2D eigenvalue weighted by molar-refractivity contribution is 0.0559. The summed E-state index contributed by atoms with van der Waals surface area (Å²) in [4.78, 5) is 4.82. The highest BCUT2D eigenvalue weighted by molar-refractivity contribution is 4.26. The number of nitrogens with one attached hydrogen (secondary N) is 1. The number of hydrogen-bond donors (Lipinski definition) is 1. The minimum absolute atomic E-state index is 0.826. The SMILES string of the molecule is CCCCONC. The van der Waals surface area contributed by atoms with Crippen LogP contribution in [0.4, 0.5) is 0 Å². The van der Waals surface area contributed by atoms with Gasteiger partial charge in [-0.2, -0.15) is 0 Å². The lowest BCUT2D eigenvalue weighted by Crippen LogP contribution is -2.07. The van der Waals surface area contributed by atoms with Crippen LogP contribution in [0.15, 0.2) is 0 Å². The van der Waals surface area contributed by atoms with Crippen molar-refractivity contribution in [1.82, 2.24) is 5.48 Å². The van der Waals surface area contributed by atoms with Crippen LogP contribution in [0.1, 0.15) is 19.8 Å². The second-order valence-electron chi connectivity index (χ2n) is 1.41. The van der Waals surface area contributed by atoms with Gasteiger partial charge in [0, 0.05) is 7.05 Å². The zero-order valence-corrected chi connectivity index (χ0v) is 5.03. The fourth-order valence-corrected chi connectivity index (χ4v) is 0.319. The summed E-state index contributed by atoms with van der Waals surface area (Å²) < 4.78 is 0. The average Bonchev–Trinajstić information content (AvgIpc) is 1.69. The van der Waals surface area contributed by atoms with E-state index in [-0.39, 0.29) is 0 Å². The molecule has 1 N–H and O–H groups in total. The molecular weight excluding hydrogens is 90.1 g/mol. The summed E-state index contributed by atoms with van der Waals surface area (Å²) in [6.07, 6.45) is 2.34. The summed E-state index contributed by atoms with van der Waals surface area (Å²) in [5.74, 6) is 0. The van der Waals surface area contributed by atoms with E-state index in [2.05, 4.69) is 12.4 Å². The van der Waals surface area contributed by atoms with E-state index in [1.54, 1.807) is 7.05 Å². The molecule has 0 aromatic carbocycles. The minimum atomic E-state index is 0.826. The Hall–Kier alpha value is -0.0800. The summed E-state index contributed by atoms with van der Waals surface area (Å²) in [7, 11) is 1.77. The van der Waals surface area contributed by atoms with Crippen LogP contribution < -0.4 is 5.48 Å². The second kappa shape index (κ2) is 5.92. The summed E-state index contributed by atoms with van der Waals surface area (Å²) in [6.45, 7) is 2.96. The summed E-state index contributed by atoms with van der Waals surface area (Å²) in [5.41, 5.74) is 2.60. The van der Waals surface area contributed by atoms with Gasteiger partial charge in [-0.25, -0.2) is 5.48 Å². The second-order valence-corrected chi connectivity index (χ2v) is 1.41. The first kappa shape index (κ1) is 6.92. The molecule has 2 heteroatoms. The van der Waals surface area contributed by atoms with Crippen LogP contribution in [0.2, 0.25) is 0 Å². The zero-order valence-electron chi connectivity index (χ0n) is 5.03. The number of unbranched alkanes of at least 4 members (excludes halogenated alkanes) is 1. The van der Waals surface area contributed by atoms with Crippen molar-refractivity contribution >= 4 is 0 Å². The van der Waals surface area contributed by atoms with Gasteiger partial charge < -0.3 is 4.84 Å². The fraction of sp³-hybridized carbons (Fsp3) is 1.00. The van der Waals surface area contributed by atoms with Gasteiger partial charge in [-0.1, -0.05) is 13.3 Å². The van der Waals surface area contributed by atoms with Crippen LogP contribution in [0.5, 0.6) is 0 Å². The lowest BCUT2D eigenvalue weighted by Gasteiger charge is -1.95. The molecule has 0 spiro atoms. The molecule has 0 aliphatic heterocycles. The Morgan fingerprint density at radius 2 is 2.29 bits per heavy atom. The van der Waals surface area contributed by atoms with Crippen molar-refractivity contribution in [3.05, 3.63) is 0 Å². The Bertz CT molecular complexity index is 27.3. The van der Waals surface area contributed by atoms with E-state index in [1.807, 2.05) is 0 Å². The number of rotatable bonds is 4. The van der Waals surface area contributed by atoms with E-state index in [4.69, 9.17) is 4.84 Å². The van der Waals surface area contributed by atoms with Gasteiger partial charge in [-0.3, -0.25) is 0 Å². The molecule has 0 heterocycles. The van der Waals surface area contributed by atoms with Crippen molar-refractivity contribution in [3.63, 3.8) is 0 Å². The van der Waals surface area contributed by atoms with Crippen molar-refractivity contribution in [2.75, 3.05) is 13.7 Å². The average molecular weight is 103 g/mol. The Morgan fingerprint density at radius 3 is 2.71 bits per heavy atom. The normalized spacial score (nSPS) is 9.43. The highest BCUT2D eigenvalue weighted by atomic mass is 16.6. The molecule has 0 atom stereocenters. The van der Waals surface area contributed by atoms with E-state index in [1.165, 1.54) is 6.42 Å². The van der Waals surface area contributed by atoms with Gasteiger partial charge in [0.1, 0.15) is 0 Å². The topological polar surface area (TPSA) is 21.3 Å². The van der Waals surface area contributed by atoms with Gasteiger partial charge in [0.05, 0.1) is 6.61 Å². The van der Waals surface area contributed by atoms with E-state index in [0.717, 1.165) is 13.0 Å². The Kier molecular flexibility index (Phi) is 5.85. The van der Waals surface area contributed by atoms with Crippen LogP contribution in [-0.4, -0.2) is 13.7 Å². The maximum Gasteiger partial charge on any atom is 0.0681 e. The zero-order chi connectivity index (χ0) is 5.54. The fourth-order valence-electron chi connectivity index (χ4n) is 0.319. The predicted octanol–water partition coefficient (Wildman–Crippen LogP) is 0.938. The first-order chi connectivity index (χ1) is 3.41. The quantitative estimate of drug-likeness (QED) is 0.422. The summed E-state index contributed by atoms with van der Waals surface area (Å²) in [5, 5.41) is 0. The first-order valence-electron chi connectivity index (χ1n) is 2.70. The van der Waals surface area contributed by atoms with Gasteiger partial charge in [-0.05, 0) is 6.42 Å². The molecule has 7 heavy (non-hydrogen) atoms. The molecule has 0 saturated heterocycles. The van der Waals surface area contributed by atoms with Gasteiger partial charge in [0.2, 0.25) is 0 Å². The van der Waals surface area contributed by atoms with Crippen LogP contribution in [-0.2, 0) is 4.84 Å². The van der Waals surface area contributed by atoms with E-state index in [9.17, 15) is 0 Å². The van der Waals surface area contributed by atoms with E-state index < -0.39 is 0 Å². The first-order valence-corrected chi connectivity index (χ1v) is 2.70. The Labute approximate surface area is 44.8 Å². The molecule has 0 unspecified atom stereocenters. The van der Waals surface area contributed by atoms with Crippen molar-refractivity contribution < 1.29 is 4.84 Å². The standard InChI is InChI=1S/C5H13NO/c1-3-4-5-7-6-2/h6H,3-5H2,1-2H3. The van der Waals surface area contributed by atoms with E-state index in [0.29, 0.717) is 0 Å². The summed E-state index contributed by atoms with van der Waals surface area (Å²) in [6, 6.07) is 0. The molecule has 0 bridgehead atoms. The molecule has 0 aliphatic rings. The molecule has 0 aromatic heterocycles. The van der Waals surface area contributed by atoms with Gasteiger partial charge in [-0.15, -0.1) is 0 Å². The molecule has 0 radical (unpaired) electrons. The number of hydroxylamine groups is 1. The van der Waals surface area contributed by atoms with Crippen LogP contribution in [0, 0.1) is 0 Å². The lowest BCUT2D eigenvalue weighted by atomic mass is 10.4. The molecular formula is C5H13NO. The molecule has 0 aliphatic carbocycles. The molecule has 0 saturated carbocycles. The monoisotopic (exact) mass is 103 g/mol. The molecule has 0 fully saturated rings. The predicted molar refractivity (Wildman–Crippen MR) is 29.9 cm³/mol. The van der Waals surface area contributed by atoms with Gasteiger partial charge >= 0.3 is 0 Å². The third-order valence-electron chi connectivity index (χ3n) is 0.744. The maximum absolute atomic E-state index is 4.82. The molecule has 0 amide bonds. The molecule has 0 rings (SSSR count). The van der Waals surface area contributed by atoms with Crippen LogP contribution in [0.25, 0.3) is 0 Å². The van der Waals surface area contributed by atoms with E-state index >= 15 is 0 Å². The summed E-state index contributed by atoms with van der Waals surface area (Å²) >= 11 is 0. The highest BCUT2D eigenvalue weighted by Gasteiger charge is 1.78. The Morgan fingerprint density at radius 1 is 1.57 bits per heavy atom. The third-order valence-corrected chi connectivity index (χ3v) is 0.744. The Balaban J connectivity index is 2.45. The smallest absolute Gasteiger partial charge is 0.0681 e. The number of hydrogen-bond acceptors (Lipinski definition) is 2. The van der Waals surface area contributed by atoms with Crippen molar-refractivity contribution in [2.24, 2.45) is 0 Å². The minimum Gasteiger partial charge on any atom is -0.302 e. The molecule has 2 nitrogen and oxygen atoms in total. The van der Waals surface area contributed by atoms with Crippen molar-refractivity contribution in [3.8, 4) is 0 Å². The van der Waals surface area contributed by atoms with Crippen LogP contribution >= 0.6 is 0 Å².